The van der Waals surface area contributed by atoms with Gasteiger partial charge in [-0.2, -0.15) is 0 Å². The molecule has 2 aromatic heterocycles. The van der Waals surface area contributed by atoms with E-state index in [2.05, 4.69) is 15.9 Å². The van der Waals surface area contributed by atoms with Gasteiger partial charge < -0.3 is 0 Å². The molecular formula is C13H6BrFOS2. The van der Waals surface area contributed by atoms with Crippen LogP contribution in [0.4, 0.5) is 4.39 Å². The summed E-state index contributed by atoms with van der Waals surface area (Å²) in [6.45, 7) is 0. The molecule has 0 N–H and O–H groups in total. The highest BCUT2D eigenvalue weighted by molar-refractivity contribution is 9.11. The van der Waals surface area contributed by atoms with Gasteiger partial charge in [0.1, 0.15) is 5.82 Å². The Bertz CT molecular complexity index is 744. The highest BCUT2D eigenvalue weighted by Gasteiger charge is 2.14. The number of fused-ring (bicyclic) bond motifs is 1. The maximum atomic E-state index is 13.1. The van der Waals surface area contributed by atoms with Gasteiger partial charge in [0.05, 0.1) is 13.5 Å². The van der Waals surface area contributed by atoms with E-state index in [-0.39, 0.29) is 11.6 Å². The Morgan fingerprint density at radius 2 is 1.89 bits per heavy atom. The van der Waals surface area contributed by atoms with Gasteiger partial charge in [0.15, 0.2) is 0 Å². The van der Waals surface area contributed by atoms with E-state index in [1.807, 2.05) is 12.1 Å². The highest BCUT2D eigenvalue weighted by Crippen LogP contribution is 2.30. The molecule has 0 aliphatic rings. The van der Waals surface area contributed by atoms with Crippen LogP contribution >= 0.6 is 38.6 Å². The SMILES string of the molecule is O=C(c1ccc(Br)s1)c1cc2ccc(F)cc2s1. The van der Waals surface area contributed by atoms with Crippen LogP contribution in [0.15, 0.2) is 40.2 Å². The second kappa shape index (κ2) is 4.57. The third-order valence-electron chi connectivity index (χ3n) is 2.50. The van der Waals surface area contributed by atoms with Crippen molar-refractivity contribution < 1.29 is 9.18 Å². The van der Waals surface area contributed by atoms with Gasteiger partial charge in [0.25, 0.3) is 0 Å². The average Bonchev–Trinajstić information content (AvgIpc) is 2.93. The summed E-state index contributed by atoms with van der Waals surface area (Å²) in [5.74, 6) is -0.283. The molecule has 18 heavy (non-hydrogen) atoms. The molecule has 0 atom stereocenters. The van der Waals surface area contributed by atoms with Crippen molar-refractivity contribution in [3.8, 4) is 0 Å². The van der Waals surface area contributed by atoms with Crippen LogP contribution in [0.5, 0.6) is 0 Å². The van der Waals surface area contributed by atoms with Crippen molar-refractivity contribution in [1.82, 2.24) is 0 Å². The van der Waals surface area contributed by atoms with Gasteiger partial charge in [-0.15, -0.1) is 22.7 Å². The first-order valence-electron chi connectivity index (χ1n) is 5.12. The molecule has 0 amide bonds. The number of carbonyl (C=O) groups is 1. The Morgan fingerprint density at radius 3 is 2.61 bits per heavy atom. The Kier molecular flexibility index (Phi) is 3.05. The zero-order chi connectivity index (χ0) is 12.7. The van der Waals surface area contributed by atoms with Gasteiger partial charge in [-0.05, 0) is 51.6 Å². The molecular weight excluding hydrogens is 335 g/mol. The number of ketones is 1. The van der Waals surface area contributed by atoms with Crippen LogP contribution in [0.3, 0.4) is 0 Å². The van der Waals surface area contributed by atoms with Crippen LogP contribution in [0.1, 0.15) is 14.5 Å². The number of carbonyl (C=O) groups excluding carboxylic acids is 1. The second-order valence-corrected chi connectivity index (χ2v) is 7.27. The first-order valence-corrected chi connectivity index (χ1v) is 7.55. The van der Waals surface area contributed by atoms with E-state index in [1.165, 1.54) is 34.8 Å². The maximum absolute atomic E-state index is 13.1. The van der Waals surface area contributed by atoms with Crippen LogP contribution < -0.4 is 0 Å². The lowest BCUT2D eigenvalue weighted by molar-refractivity contribution is 0.104. The third-order valence-corrected chi connectivity index (χ3v) is 5.22. The zero-order valence-corrected chi connectivity index (χ0v) is 12.2. The lowest BCUT2D eigenvalue weighted by Crippen LogP contribution is -1.93. The lowest BCUT2D eigenvalue weighted by Gasteiger charge is -1.90. The smallest absolute Gasteiger partial charge is 0.212 e. The number of halogens is 2. The molecule has 0 saturated carbocycles. The van der Waals surface area contributed by atoms with Crippen molar-refractivity contribution in [3.63, 3.8) is 0 Å². The summed E-state index contributed by atoms with van der Waals surface area (Å²) in [6.07, 6.45) is 0. The first-order chi connectivity index (χ1) is 8.63. The lowest BCUT2D eigenvalue weighted by atomic mass is 10.2. The molecule has 0 aliphatic carbocycles. The topological polar surface area (TPSA) is 17.1 Å². The Labute approximate surface area is 119 Å². The van der Waals surface area contributed by atoms with Crippen LogP contribution in [0.2, 0.25) is 0 Å². The van der Waals surface area contributed by atoms with Crippen LogP contribution in [0.25, 0.3) is 10.1 Å². The Hall–Kier alpha value is -1.04. The molecule has 90 valence electrons. The first kappa shape index (κ1) is 12.0. The summed E-state index contributed by atoms with van der Waals surface area (Å²) in [6, 6.07) is 10.0. The molecule has 0 spiro atoms. The minimum absolute atomic E-state index is 0.00712. The summed E-state index contributed by atoms with van der Waals surface area (Å²) in [5, 5.41) is 0.903. The van der Waals surface area contributed by atoms with Crippen molar-refractivity contribution in [1.29, 1.82) is 0 Å². The summed E-state index contributed by atoms with van der Waals surface area (Å²) in [4.78, 5) is 13.6. The van der Waals surface area contributed by atoms with Crippen LogP contribution in [-0.2, 0) is 0 Å². The van der Waals surface area contributed by atoms with Crippen molar-refractivity contribution in [2.75, 3.05) is 0 Å². The normalized spacial score (nSPS) is 11.0. The van der Waals surface area contributed by atoms with Gasteiger partial charge in [-0.25, -0.2) is 4.39 Å². The van der Waals surface area contributed by atoms with Crippen molar-refractivity contribution in [3.05, 3.63) is 55.8 Å². The van der Waals surface area contributed by atoms with Crippen LogP contribution in [-0.4, -0.2) is 5.78 Å². The molecule has 3 aromatic rings. The number of thiophene rings is 2. The molecule has 3 rings (SSSR count). The van der Waals surface area contributed by atoms with E-state index in [4.69, 9.17) is 0 Å². The summed E-state index contributed by atoms with van der Waals surface area (Å²) in [5.41, 5.74) is 0. The fraction of sp³-hybridized carbons (Fsp3) is 0. The van der Waals surface area contributed by atoms with Crippen molar-refractivity contribution >= 4 is 54.5 Å². The fourth-order valence-corrected chi connectivity index (χ4v) is 4.12. The second-order valence-electron chi connectivity index (χ2n) is 3.73. The van der Waals surface area contributed by atoms with Crippen molar-refractivity contribution in [2.45, 2.75) is 0 Å². The van der Waals surface area contributed by atoms with Crippen LogP contribution in [0, 0.1) is 5.82 Å². The van der Waals surface area contributed by atoms with Crippen molar-refractivity contribution in [2.24, 2.45) is 0 Å². The molecule has 2 heterocycles. The molecule has 5 heteroatoms. The molecule has 1 nitrogen and oxygen atoms in total. The van der Waals surface area contributed by atoms with E-state index in [1.54, 1.807) is 12.1 Å². The van der Waals surface area contributed by atoms with E-state index < -0.39 is 0 Å². The molecule has 1 aromatic carbocycles. The monoisotopic (exact) mass is 340 g/mol. The zero-order valence-electron chi connectivity index (χ0n) is 8.94. The van der Waals surface area contributed by atoms with Gasteiger partial charge in [-0.3, -0.25) is 4.79 Å². The summed E-state index contributed by atoms with van der Waals surface area (Å²) < 4.78 is 14.8. The quantitative estimate of drug-likeness (QED) is 0.593. The number of hydrogen-bond acceptors (Lipinski definition) is 3. The molecule has 0 bridgehead atoms. The minimum atomic E-state index is -0.276. The predicted molar refractivity (Wildman–Crippen MR) is 77.2 cm³/mol. The molecule has 0 radical (unpaired) electrons. The summed E-state index contributed by atoms with van der Waals surface area (Å²) >= 11 is 6.07. The van der Waals surface area contributed by atoms with Gasteiger partial charge >= 0.3 is 0 Å². The average molecular weight is 341 g/mol. The standard InChI is InChI=1S/C13H6BrFOS2/c14-12-4-3-9(18-12)13(16)11-5-7-1-2-8(15)6-10(7)17-11/h1-6H. The predicted octanol–water partition coefficient (Wildman–Crippen LogP) is 5.10. The number of benzene rings is 1. The maximum Gasteiger partial charge on any atom is 0.212 e. The highest BCUT2D eigenvalue weighted by atomic mass is 79.9. The molecule has 0 aliphatic heterocycles. The number of rotatable bonds is 2. The Morgan fingerprint density at radius 1 is 1.06 bits per heavy atom. The largest absolute Gasteiger partial charge is 0.287 e. The van der Waals surface area contributed by atoms with Gasteiger partial charge in [0.2, 0.25) is 5.78 Å². The van der Waals surface area contributed by atoms with Gasteiger partial charge in [0, 0.05) is 4.70 Å². The van der Waals surface area contributed by atoms with E-state index >= 15 is 0 Å². The molecule has 0 fully saturated rings. The van der Waals surface area contributed by atoms with E-state index in [0.29, 0.717) is 9.75 Å². The molecule has 0 unspecified atom stereocenters. The van der Waals surface area contributed by atoms with E-state index in [9.17, 15) is 9.18 Å². The van der Waals surface area contributed by atoms with E-state index in [0.717, 1.165) is 13.9 Å². The Balaban J connectivity index is 2.06. The third kappa shape index (κ3) is 2.13. The fourth-order valence-electron chi connectivity index (χ4n) is 1.67. The minimum Gasteiger partial charge on any atom is -0.287 e. The van der Waals surface area contributed by atoms with Gasteiger partial charge in [-0.1, -0.05) is 6.07 Å². The summed E-state index contributed by atoms with van der Waals surface area (Å²) in [7, 11) is 0. The molecule has 0 saturated heterocycles. The number of hydrogen-bond donors (Lipinski definition) is 0.